The summed E-state index contributed by atoms with van der Waals surface area (Å²) in [5.74, 6) is -1.14. The van der Waals surface area contributed by atoms with Gasteiger partial charge in [-0.05, 0) is 32.1 Å². The van der Waals surface area contributed by atoms with Crippen molar-refractivity contribution in [1.82, 2.24) is 0 Å². The molecule has 0 aliphatic carbocycles. The number of carbonyl (C=O) groups excluding carboxylic acids is 3. The molecule has 0 aliphatic heterocycles. The summed E-state index contributed by atoms with van der Waals surface area (Å²) < 4.78 is 4.65. The second-order valence-corrected chi connectivity index (χ2v) is 7.57. The Morgan fingerprint density at radius 2 is 1.15 bits per heavy atom. The minimum atomic E-state index is -0.643. The number of hydrogen-bond acceptors (Lipinski definition) is 4. The van der Waals surface area contributed by atoms with Crippen molar-refractivity contribution in [3.8, 4) is 0 Å². The van der Waals surface area contributed by atoms with Crippen molar-refractivity contribution in [2.75, 3.05) is 0 Å². The van der Waals surface area contributed by atoms with E-state index >= 15 is 0 Å². The highest BCUT2D eigenvalue weighted by Gasteiger charge is 2.11. The van der Waals surface area contributed by atoms with Crippen LogP contribution < -0.4 is 0 Å². The van der Waals surface area contributed by atoms with Gasteiger partial charge in [-0.25, -0.2) is 0 Å². The van der Waals surface area contributed by atoms with Gasteiger partial charge in [0.15, 0.2) is 5.12 Å². The molecule has 27 heavy (non-hydrogen) atoms. The average Bonchev–Trinajstić information content (AvgIpc) is 2.63. The molecule has 156 valence electrons. The molecule has 0 aromatic carbocycles. The van der Waals surface area contributed by atoms with E-state index in [1.165, 1.54) is 57.8 Å². The van der Waals surface area contributed by atoms with Crippen LogP contribution in [0.25, 0.3) is 0 Å². The molecule has 0 aromatic heterocycles. The minimum absolute atomic E-state index is 0.00261. The highest BCUT2D eigenvalue weighted by molar-refractivity contribution is 7.96. The second kappa shape index (κ2) is 19.7. The van der Waals surface area contributed by atoms with Crippen LogP contribution in [0.1, 0.15) is 110 Å². The van der Waals surface area contributed by atoms with Crippen LogP contribution in [0.5, 0.6) is 0 Å². The van der Waals surface area contributed by atoms with Crippen molar-refractivity contribution in [1.29, 1.82) is 0 Å². The molecule has 0 N–H and O–H groups in total. The molecule has 0 aliphatic rings. The molecule has 0 saturated heterocycles. The zero-order chi connectivity index (χ0) is 20.2. The number of unbranched alkanes of at least 4 members (excludes halogenated alkanes) is 11. The Balaban J connectivity index is 3.34. The van der Waals surface area contributed by atoms with Crippen LogP contribution >= 0.6 is 12.6 Å². The minimum Gasteiger partial charge on any atom is -0.393 e. The van der Waals surface area contributed by atoms with Crippen LogP contribution in [-0.4, -0.2) is 17.1 Å². The average molecular weight is 399 g/mol. The third-order valence-electron chi connectivity index (χ3n) is 4.41. The number of ether oxygens (including phenoxy) is 1. The van der Waals surface area contributed by atoms with Crippen molar-refractivity contribution < 1.29 is 19.1 Å². The normalized spacial score (nSPS) is 11.0. The number of allylic oxidation sites excluding steroid dienone is 2. The SMILES string of the molecule is CCCCCCCC/C=C\CCCCCCCC(=O)OC(=O)CCC(=O)S. The van der Waals surface area contributed by atoms with Gasteiger partial charge >= 0.3 is 11.9 Å². The van der Waals surface area contributed by atoms with Gasteiger partial charge in [-0.2, -0.15) is 0 Å². The van der Waals surface area contributed by atoms with Crippen molar-refractivity contribution in [2.24, 2.45) is 0 Å². The van der Waals surface area contributed by atoms with Gasteiger partial charge in [-0.3, -0.25) is 14.4 Å². The number of hydrogen-bond donors (Lipinski definition) is 1. The van der Waals surface area contributed by atoms with Gasteiger partial charge < -0.3 is 4.74 Å². The van der Waals surface area contributed by atoms with Gasteiger partial charge in [0.1, 0.15) is 0 Å². The molecule has 0 amide bonds. The summed E-state index contributed by atoms with van der Waals surface area (Å²) in [6.07, 6.45) is 20.4. The maximum atomic E-state index is 11.5. The lowest BCUT2D eigenvalue weighted by Gasteiger charge is -2.02. The molecule has 5 heteroatoms. The fourth-order valence-corrected chi connectivity index (χ4v) is 2.89. The van der Waals surface area contributed by atoms with E-state index in [1.807, 2.05) is 0 Å². The largest absolute Gasteiger partial charge is 0.393 e. The Morgan fingerprint density at radius 3 is 1.70 bits per heavy atom. The van der Waals surface area contributed by atoms with E-state index in [0.29, 0.717) is 0 Å². The van der Waals surface area contributed by atoms with Crippen molar-refractivity contribution in [3.05, 3.63) is 12.2 Å². The second-order valence-electron chi connectivity index (χ2n) is 7.07. The monoisotopic (exact) mass is 398 g/mol. The zero-order valence-electron chi connectivity index (χ0n) is 17.0. The van der Waals surface area contributed by atoms with Gasteiger partial charge in [-0.15, -0.1) is 12.6 Å². The quantitative estimate of drug-likeness (QED) is 0.0963. The van der Waals surface area contributed by atoms with E-state index in [0.717, 1.165) is 25.7 Å². The first kappa shape index (κ1) is 25.9. The molecule has 0 heterocycles. The summed E-state index contributed by atoms with van der Waals surface area (Å²) in [6, 6.07) is 0. The Hall–Kier alpha value is -1.10. The molecule has 0 spiro atoms. The molecule has 0 bridgehead atoms. The maximum absolute atomic E-state index is 11.5. The van der Waals surface area contributed by atoms with E-state index in [1.54, 1.807) is 0 Å². The summed E-state index contributed by atoms with van der Waals surface area (Å²) in [7, 11) is 0. The van der Waals surface area contributed by atoms with Crippen LogP contribution in [-0.2, 0) is 19.1 Å². The molecule has 4 nitrogen and oxygen atoms in total. The van der Waals surface area contributed by atoms with E-state index < -0.39 is 11.9 Å². The van der Waals surface area contributed by atoms with E-state index in [-0.39, 0.29) is 24.4 Å². The molecule has 0 unspecified atom stereocenters. The highest BCUT2D eigenvalue weighted by Crippen LogP contribution is 2.10. The number of thiol groups is 1. The lowest BCUT2D eigenvalue weighted by atomic mass is 10.1. The van der Waals surface area contributed by atoms with E-state index in [2.05, 4.69) is 36.4 Å². The zero-order valence-corrected chi connectivity index (χ0v) is 17.9. The standard InChI is InChI=1S/C22H38O4S/c1-2-3-4-5-6-7-8-9-10-11-12-13-14-15-16-17-20(23)26-21(24)18-19-22(25)27/h9-10H,2-8,11-19H2,1H3,(H,25,27)/b10-9-. The fraction of sp³-hybridized carbons (Fsp3) is 0.773. The topological polar surface area (TPSA) is 60.4 Å². The Labute approximate surface area is 170 Å². The summed E-state index contributed by atoms with van der Waals surface area (Å²) in [5, 5.41) is -0.378. The van der Waals surface area contributed by atoms with E-state index in [4.69, 9.17) is 0 Å². The van der Waals surface area contributed by atoms with Gasteiger partial charge in [0.2, 0.25) is 0 Å². The third kappa shape index (κ3) is 21.1. The predicted octanol–water partition coefficient (Wildman–Crippen LogP) is 6.33. The molecule has 0 saturated carbocycles. The number of rotatable bonds is 18. The molecular formula is C22H38O4S. The van der Waals surface area contributed by atoms with Crippen LogP contribution in [0, 0.1) is 0 Å². The van der Waals surface area contributed by atoms with Crippen LogP contribution in [0.2, 0.25) is 0 Å². The smallest absolute Gasteiger partial charge is 0.313 e. The van der Waals surface area contributed by atoms with E-state index in [9.17, 15) is 14.4 Å². The summed E-state index contributed by atoms with van der Waals surface area (Å²) in [5.41, 5.74) is 0. The van der Waals surface area contributed by atoms with Crippen molar-refractivity contribution >= 4 is 29.7 Å². The van der Waals surface area contributed by atoms with Crippen LogP contribution in [0.3, 0.4) is 0 Å². The van der Waals surface area contributed by atoms with Crippen molar-refractivity contribution in [2.45, 2.75) is 110 Å². The molecule has 0 rings (SSSR count). The first-order valence-corrected chi connectivity index (χ1v) is 11.1. The molecule has 0 radical (unpaired) electrons. The van der Waals surface area contributed by atoms with Gasteiger partial charge in [0.25, 0.3) is 0 Å². The fourth-order valence-electron chi connectivity index (χ4n) is 2.78. The van der Waals surface area contributed by atoms with Crippen LogP contribution in [0.4, 0.5) is 0 Å². The van der Waals surface area contributed by atoms with Gasteiger partial charge in [0, 0.05) is 12.8 Å². The first-order chi connectivity index (χ1) is 13.1. The van der Waals surface area contributed by atoms with Gasteiger partial charge in [0.05, 0.1) is 6.42 Å². The first-order valence-electron chi connectivity index (χ1n) is 10.7. The molecular weight excluding hydrogens is 360 g/mol. The number of esters is 2. The summed E-state index contributed by atoms with van der Waals surface area (Å²) in [4.78, 5) is 33.4. The number of carbonyl (C=O) groups is 3. The lowest BCUT2D eigenvalue weighted by molar-refractivity contribution is -0.160. The summed E-state index contributed by atoms with van der Waals surface area (Å²) >= 11 is 3.57. The maximum Gasteiger partial charge on any atom is 0.313 e. The predicted molar refractivity (Wildman–Crippen MR) is 114 cm³/mol. The highest BCUT2D eigenvalue weighted by atomic mass is 32.1. The lowest BCUT2D eigenvalue weighted by Crippen LogP contribution is -2.12. The van der Waals surface area contributed by atoms with Crippen molar-refractivity contribution in [3.63, 3.8) is 0 Å². The van der Waals surface area contributed by atoms with Gasteiger partial charge in [-0.1, -0.05) is 70.4 Å². The Kier molecular flexibility index (Phi) is 18.9. The Morgan fingerprint density at radius 1 is 0.667 bits per heavy atom. The Bertz CT molecular complexity index is 432. The third-order valence-corrected chi connectivity index (χ3v) is 4.64. The molecule has 0 aromatic rings. The summed E-state index contributed by atoms with van der Waals surface area (Å²) in [6.45, 7) is 2.25. The molecule has 0 atom stereocenters. The molecule has 0 fully saturated rings. The van der Waals surface area contributed by atoms with Crippen LogP contribution in [0.15, 0.2) is 12.2 Å².